The van der Waals surface area contributed by atoms with Gasteiger partial charge in [-0.1, -0.05) is 45.4 Å². The van der Waals surface area contributed by atoms with E-state index in [1.54, 1.807) is 0 Å². The summed E-state index contributed by atoms with van der Waals surface area (Å²) in [6.45, 7) is 8.37. The molecule has 1 heterocycles. The molecule has 1 aliphatic rings. The number of hydrogen-bond acceptors (Lipinski definition) is 2. The molecule has 0 spiro atoms. The van der Waals surface area contributed by atoms with Gasteiger partial charge in [-0.3, -0.25) is 0 Å². The van der Waals surface area contributed by atoms with E-state index in [1.165, 1.54) is 12.0 Å². The first-order chi connectivity index (χ1) is 8.11. The van der Waals surface area contributed by atoms with Gasteiger partial charge in [0.15, 0.2) is 0 Å². The molecule has 0 radical (unpaired) electrons. The van der Waals surface area contributed by atoms with E-state index in [2.05, 4.69) is 39.0 Å². The summed E-state index contributed by atoms with van der Waals surface area (Å²) in [5.74, 6) is 1.02. The number of rotatable bonds is 6. The van der Waals surface area contributed by atoms with E-state index >= 15 is 0 Å². The van der Waals surface area contributed by atoms with Gasteiger partial charge in [0.25, 0.3) is 0 Å². The molecule has 1 atom stereocenters. The third-order valence-corrected chi connectivity index (χ3v) is 3.43. The van der Waals surface area contributed by atoms with E-state index in [0.29, 0.717) is 18.1 Å². The maximum absolute atomic E-state index is 5.83. The summed E-state index contributed by atoms with van der Waals surface area (Å²) in [6.07, 6.45) is 2.56. The number of para-hydroxylation sites is 1. The molecule has 0 N–H and O–H groups in total. The average molecular weight is 234 g/mol. The van der Waals surface area contributed by atoms with Gasteiger partial charge in [-0.15, -0.1) is 0 Å². The van der Waals surface area contributed by atoms with Crippen molar-refractivity contribution < 1.29 is 9.47 Å². The van der Waals surface area contributed by atoms with Gasteiger partial charge in [0.1, 0.15) is 18.5 Å². The van der Waals surface area contributed by atoms with Gasteiger partial charge in [0, 0.05) is 0 Å². The maximum Gasteiger partial charge on any atom is 0.122 e. The van der Waals surface area contributed by atoms with Crippen LogP contribution in [-0.2, 0) is 11.2 Å². The minimum absolute atomic E-state index is 0.322. The zero-order valence-electron chi connectivity index (χ0n) is 11.0. The number of epoxide rings is 1. The van der Waals surface area contributed by atoms with Crippen LogP contribution in [0.15, 0.2) is 24.3 Å². The van der Waals surface area contributed by atoms with Gasteiger partial charge in [-0.2, -0.15) is 0 Å². The largest absolute Gasteiger partial charge is 0.491 e. The first kappa shape index (κ1) is 12.4. The van der Waals surface area contributed by atoms with Crippen molar-refractivity contribution in [3.05, 3.63) is 29.8 Å². The first-order valence-corrected chi connectivity index (χ1v) is 6.43. The summed E-state index contributed by atoms with van der Waals surface area (Å²) >= 11 is 0. The molecule has 1 fully saturated rings. The highest BCUT2D eigenvalue weighted by atomic mass is 16.6. The van der Waals surface area contributed by atoms with Crippen LogP contribution in [0.1, 0.15) is 32.8 Å². The quantitative estimate of drug-likeness (QED) is 0.703. The second-order valence-corrected chi connectivity index (χ2v) is 5.57. The van der Waals surface area contributed by atoms with Crippen LogP contribution in [-0.4, -0.2) is 19.3 Å². The summed E-state index contributed by atoms with van der Waals surface area (Å²) in [5, 5.41) is 0. The van der Waals surface area contributed by atoms with Crippen LogP contribution in [0.4, 0.5) is 0 Å². The SMILES string of the molecule is CCC(C)(C)Cc1ccccc1OC[C@H]1CO1. The number of benzene rings is 1. The van der Waals surface area contributed by atoms with Crippen molar-refractivity contribution in [3.8, 4) is 5.75 Å². The second kappa shape index (κ2) is 5.09. The highest BCUT2D eigenvalue weighted by Crippen LogP contribution is 2.30. The van der Waals surface area contributed by atoms with E-state index in [1.807, 2.05) is 6.07 Å². The lowest BCUT2D eigenvalue weighted by Gasteiger charge is -2.24. The Morgan fingerprint density at radius 1 is 1.35 bits per heavy atom. The van der Waals surface area contributed by atoms with E-state index in [4.69, 9.17) is 9.47 Å². The smallest absolute Gasteiger partial charge is 0.122 e. The lowest BCUT2D eigenvalue weighted by atomic mass is 9.83. The molecule has 17 heavy (non-hydrogen) atoms. The molecule has 2 nitrogen and oxygen atoms in total. The Morgan fingerprint density at radius 2 is 2.06 bits per heavy atom. The van der Waals surface area contributed by atoms with Crippen molar-refractivity contribution in [2.24, 2.45) is 5.41 Å². The van der Waals surface area contributed by atoms with Gasteiger partial charge >= 0.3 is 0 Å². The van der Waals surface area contributed by atoms with Crippen LogP contribution in [0.3, 0.4) is 0 Å². The number of ether oxygens (including phenoxy) is 2. The minimum atomic E-state index is 0.322. The zero-order valence-corrected chi connectivity index (χ0v) is 11.0. The van der Waals surface area contributed by atoms with E-state index in [-0.39, 0.29) is 0 Å². The first-order valence-electron chi connectivity index (χ1n) is 6.43. The summed E-state index contributed by atoms with van der Waals surface area (Å²) in [5.41, 5.74) is 1.63. The van der Waals surface area contributed by atoms with Gasteiger partial charge in [0.05, 0.1) is 6.61 Å². The average Bonchev–Trinajstić information content (AvgIpc) is 3.11. The van der Waals surface area contributed by atoms with Crippen molar-refractivity contribution in [3.63, 3.8) is 0 Å². The molecular formula is C15H22O2. The lowest BCUT2D eigenvalue weighted by molar-refractivity contribution is 0.257. The Kier molecular flexibility index (Phi) is 3.72. The molecule has 2 rings (SSSR count). The predicted octanol–water partition coefficient (Wildman–Crippen LogP) is 3.44. The summed E-state index contributed by atoms with van der Waals surface area (Å²) in [4.78, 5) is 0. The Morgan fingerprint density at radius 3 is 2.71 bits per heavy atom. The fourth-order valence-corrected chi connectivity index (χ4v) is 1.78. The minimum Gasteiger partial charge on any atom is -0.491 e. The Labute approximate surface area is 104 Å². The molecule has 1 aromatic carbocycles. The summed E-state index contributed by atoms with van der Waals surface area (Å²) < 4.78 is 11.0. The number of hydrogen-bond donors (Lipinski definition) is 0. The predicted molar refractivity (Wildman–Crippen MR) is 69.5 cm³/mol. The topological polar surface area (TPSA) is 21.8 Å². The van der Waals surface area contributed by atoms with Crippen molar-refractivity contribution >= 4 is 0 Å². The highest BCUT2D eigenvalue weighted by Gasteiger charge is 2.24. The summed E-state index contributed by atoms with van der Waals surface area (Å²) in [7, 11) is 0. The fraction of sp³-hybridized carbons (Fsp3) is 0.600. The standard InChI is InChI=1S/C15H22O2/c1-4-15(2,3)9-12-7-5-6-8-14(12)17-11-13-10-16-13/h5-8,13H,4,9-11H2,1-3H3/t13-/m1/s1. The van der Waals surface area contributed by atoms with E-state index in [9.17, 15) is 0 Å². The van der Waals surface area contributed by atoms with E-state index in [0.717, 1.165) is 18.8 Å². The van der Waals surface area contributed by atoms with Crippen LogP contribution in [0.2, 0.25) is 0 Å². The molecule has 1 saturated heterocycles. The third kappa shape index (κ3) is 3.74. The molecule has 0 bridgehead atoms. The van der Waals surface area contributed by atoms with Crippen LogP contribution in [0.5, 0.6) is 5.75 Å². The fourth-order valence-electron chi connectivity index (χ4n) is 1.78. The van der Waals surface area contributed by atoms with Crippen molar-refractivity contribution in [1.29, 1.82) is 0 Å². The zero-order chi connectivity index (χ0) is 12.3. The summed E-state index contributed by atoms with van der Waals surface area (Å²) in [6, 6.07) is 8.34. The molecule has 0 unspecified atom stereocenters. The Balaban J connectivity index is 2.03. The lowest BCUT2D eigenvalue weighted by Crippen LogP contribution is -2.15. The van der Waals surface area contributed by atoms with Crippen LogP contribution < -0.4 is 4.74 Å². The van der Waals surface area contributed by atoms with Crippen LogP contribution >= 0.6 is 0 Å². The molecule has 1 aliphatic heterocycles. The van der Waals surface area contributed by atoms with Crippen molar-refractivity contribution in [2.75, 3.05) is 13.2 Å². The van der Waals surface area contributed by atoms with Gasteiger partial charge < -0.3 is 9.47 Å². The molecular weight excluding hydrogens is 212 g/mol. The van der Waals surface area contributed by atoms with Gasteiger partial charge in [-0.25, -0.2) is 0 Å². The van der Waals surface area contributed by atoms with Crippen molar-refractivity contribution in [1.82, 2.24) is 0 Å². The molecule has 2 heteroatoms. The molecule has 0 saturated carbocycles. The Bertz CT molecular complexity index is 367. The molecule has 94 valence electrons. The maximum atomic E-state index is 5.83. The highest BCUT2D eigenvalue weighted by molar-refractivity contribution is 5.34. The van der Waals surface area contributed by atoms with Gasteiger partial charge in [-0.05, 0) is 23.5 Å². The van der Waals surface area contributed by atoms with Crippen LogP contribution in [0, 0.1) is 5.41 Å². The monoisotopic (exact) mass is 234 g/mol. The van der Waals surface area contributed by atoms with Crippen molar-refractivity contribution in [2.45, 2.75) is 39.7 Å². The molecule has 0 amide bonds. The second-order valence-electron chi connectivity index (χ2n) is 5.57. The Hall–Kier alpha value is -1.02. The molecule has 0 aliphatic carbocycles. The third-order valence-electron chi connectivity index (χ3n) is 3.43. The molecule has 0 aromatic heterocycles. The van der Waals surface area contributed by atoms with Gasteiger partial charge in [0.2, 0.25) is 0 Å². The molecule has 1 aromatic rings. The normalized spacial score (nSPS) is 19.1. The van der Waals surface area contributed by atoms with E-state index < -0.39 is 0 Å². The van der Waals surface area contributed by atoms with Crippen LogP contribution in [0.25, 0.3) is 0 Å².